The van der Waals surface area contributed by atoms with Crippen molar-refractivity contribution in [2.75, 3.05) is 0 Å². The highest BCUT2D eigenvalue weighted by Crippen LogP contribution is 2.29. The minimum absolute atomic E-state index is 0.0305. The van der Waals surface area contributed by atoms with E-state index >= 15 is 0 Å². The molecule has 0 radical (unpaired) electrons. The number of rotatable bonds is 5. The highest BCUT2D eigenvalue weighted by atomic mass is 16.4. The van der Waals surface area contributed by atoms with Crippen molar-refractivity contribution >= 4 is 11.8 Å². The molecule has 1 aromatic heterocycles. The Bertz CT molecular complexity index is 469. The Morgan fingerprint density at radius 3 is 2.33 bits per heavy atom. The number of carboxylic acids is 1. The average molecular weight is 251 g/mol. The van der Waals surface area contributed by atoms with E-state index in [1.807, 2.05) is 0 Å². The molecule has 0 aromatic carbocycles. The van der Waals surface area contributed by atoms with Crippen LogP contribution in [0.15, 0.2) is 12.3 Å². The molecule has 0 saturated carbocycles. The molecule has 0 saturated heterocycles. The Hall–Kier alpha value is -1.58. The van der Waals surface area contributed by atoms with Gasteiger partial charge in [-0.25, -0.2) is 4.79 Å². The largest absolute Gasteiger partial charge is 0.477 e. The molecule has 0 amide bonds. The Morgan fingerprint density at radius 1 is 1.39 bits per heavy atom. The fourth-order valence-corrected chi connectivity index (χ4v) is 1.63. The van der Waals surface area contributed by atoms with Gasteiger partial charge in [0.2, 0.25) is 0 Å². The normalized spacial score (nSPS) is 11.9. The minimum Gasteiger partial charge on any atom is -0.477 e. The monoisotopic (exact) mass is 251 g/mol. The van der Waals surface area contributed by atoms with Crippen molar-refractivity contribution in [3.05, 3.63) is 23.5 Å². The van der Waals surface area contributed by atoms with Gasteiger partial charge in [-0.05, 0) is 24.3 Å². The first-order valence-corrected chi connectivity index (χ1v) is 6.09. The van der Waals surface area contributed by atoms with Gasteiger partial charge in [-0.15, -0.1) is 0 Å². The van der Waals surface area contributed by atoms with Crippen molar-refractivity contribution in [2.45, 2.75) is 41.2 Å². The zero-order valence-corrected chi connectivity index (χ0v) is 11.7. The first kappa shape index (κ1) is 14.5. The van der Waals surface area contributed by atoms with Crippen LogP contribution in [0.2, 0.25) is 0 Å². The minimum atomic E-state index is -0.998. The number of hydrogen-bond acceptors (Lipinski definition) is 2. The van der Waals surface area contributed by atoms with Crippen molar-refractivity contribution in [1.29, 1.82) is 0 Å². The van der Waals surface area contributed by atoms with Gasteiger partial charge in [-0.3, -0.25) is 4.79 Å². The number of aromatic nitrogens is 1. The lowest BCUT2D eigenvalue weighted by molar-refractivity contribution is 0.0679. The maximum atomic E-state index is 11.3. The summed E-state index contributed by atoms with van der Waals surface area (Å²) < 4.78 is 1.67. The van der Waals surface area contributed by atoms with Crippen LogP contribution in [-0.4, -0.2) is 21.4 Å². The molecule has 1 N–H and O–H groups in total. The molecule has 1 heterocycles. The quantitative estimate of drug-likeness (QED) is 0.818. The molecule has 0 fully saturated rings. The van der Waals surface area contributed by atoms with Crippen LogP contribution in [0.5, 0.6) is 0 Å². The number of carbonyl (C=O) groups excluding carboxylic acids is 1. The number of nitrogens with zero attached hydrogens (tertiary/aromatic N) is 1. The maximum Gasteiger partial charge on any atom is 0.352 e. The van der Waals surface area contributed by atoms with Crippen molar-refractivity contribution in [3.63, 3.8) is 0 Å². The molecular formula is C14H21NO3. The molecule has 4 nitrogen and oxygen atoms in total. The molecular weight excluding hydrogens is 230 g/mol. The molecule has 0 aliphatic carbocycles. The number of Topliss-reactive ketones (excluding diaryl/α,β-unsaturated/α-hetero) is 1. The van der Waals surface area contributed by atoms with Crippen LogP contribution in [-0.2, 0) is 6.54 Å². The summed E-state index contributed by atoms with van der Waals surface area (Å²) in [5.41, 5.74) is 0.595. The summed E-state index contributed by atoms with van der Waals surface area (Å²) in [6, 6.07) is 1.45. The van der Waals surface area contributed by atoms with E-state index in [-0.39, 0.29) is 16.9 Å². The molecule has 1 rings (SSSR count). The van der Waals surface area contributed by atoms with Gasteiger partial charge in [0.15, 0.2) is 5.78 Å². The van der Waals surface area contributed by atoms with Crippen LogP contribution in [0.4, 0.5) is 0 Å². The summed E-state index contributed by atoms with van der Waals surface area (Å²) in [5, 5.41) is 9.16. The Balaban J connectivity index is 3.15. The smallest absolute Gasteiger partial charge is 0.352 e. The first-order chi connectivity index (χ1) is 8.15. The second kappa shape index (κ2) is 4.96. The number of aromatic carboxylic acids is 1. The molecule has 0 aliphatic heterocycles. The highest BCUT2D eigenvalue weighted by Gasteiger charge is 2.25. The van der Waals surface area contributed by atoms with Gasteiger partial charge >= 0.3 is 5.97 Å². The molecule has 0 aliphatic rings. The average Bonchev–Trinajstić information content (AvgIpc) is 2.60. The van der Waals surface area contributed by atoms with E-state index in [9.17, 15) is 9.59 Å². The third kappa shape index (κ3) is 3.00. The summed E-state index contributed by atoms with van der Waals surface area (Å²) in [5.74, 6) is -0.692. The molecule has 0 atom stereocenters. The second-order valence-corrected chi connectivity index (χ2v) is 5.75. The van der Waals surface area contributed by atoms with E-state index in [0.29, 0.717) is 18.0 Å². The zero-order valence-electron chi connectivity index (χ0n) is 11.7. The summed E-state index contributed by atoms with van der Waals surface area (Å²) >= 11 is 0. The van der Waals surface area contributed by atoms with Crippen molar-refractivity contribution in [2.24, 2.45) is 11.3 Å². The van der Waals surface area contributed by atoms with Gasteiger partial charge in [0, 0.05) is 18.3 Å². The molecule has 0 bridgehead atoms. The molecule has 0 unspecified atom stereocenters. The van der Waals surface area contributed by atoms with Gasteiger partial charge in [0.05, 0.1) is 0 Å². The lowest BCUT2D eigenvalue weighted by atomic mass is 9.81. The van der Waals surface area contributed by atoms with Gasteiger partial charge in [-0.2, -0.15) is 0 Å². The molecule has 100 valence electrons. The highest BCUT2D eigenvalue weighted by molar-refractivity contribution is 5.97. The van der Waals surface area contributed by atoms with Crippen molar-refractivity contribution in [3.8, 4) is 0 Å². The van der Waals surface area contributed by atoms with Gasteiger partial charge < -0.3 is 9.67 Å². The maximum absolute atomic E-state index is 11.3. The fraction of sp³-hybridized carbons (Fsp3) is 0.571. The van der Waals surface area contributed by atoms with E-state index in [1.165, 1.54) is 13.0 Å². The van der Waals surface area contributed by atoms with Crippen LogP contribution in [0.1, 0.15) is 55.5 Å². The number of carboxylic acid groups (broad SMARTS) is 1. The van der Waals surface area contributed by atoms with Crippen molar-refractivity contribution < 1.29 is 14.7 Å². The number of hydrogen-bond donors (Lipinski definition) is 1. The zero-order chi connectivity index (χ0) is 14.1. The van der Waals surface area contributed by atoms with Crippen LogP contribution in [0.3, 0.4) is 0 Å². The Kier molecular flexibility index (Phi) is 3.99. The van der Waals surface area contributed by atoms with E-state index in [1.54, 1.807) is 10.8 Å². The number of carbonyl (C=O) groups is 2. The topological polar surface area (TPSA) is 59.3 Å². The van der Waals surface area contributed by atoms with Gasteiger partial charge in [0.1, 0.15) is 5.69 Å². The standard InChI is InChI=1S/C14H21NO3/c1-9(2)14(4,5)8-15-7-11(10(3)16)6-12(15)13(17)18/h6-7,9H,8H2,1-5H3,(H,17,18). The lowest BCUT2D eigenvalue weighted by Crippen LogP contribution is -2.26. The Morgan fingerprint density at radius 2 is 1.94 bits per heavy atom. The molecule has 4 heteroatoms. The van der Waals surface area contributed by atoms with Crippen LogP contribution < -0.4 is 0 Å². The van der Waals surface area contributed by atoms with E-state index in [4.69, 9.17) is 5.11 Å². The van der Waals surface area contributed by atoms with Gasteiger partial charge in [-0.1, -0.05) is 27.7 Å². The number of ketones is 1. The van der Waals surface area contributed by atoms with E-state index < -0.39 is 5.97 Å². The summed E-state index contributed by atoms with van der Waals surface area (Å²) in [7, 11) is 0. The SMILES string of the molecule is CC(=O)c1cc(C(=O)O)n(CC(C)(C)C(C)C)c1. The second-order valence-electron chi connectivity index (χ2n) is 5.75. The van der Waals surface area contributed by atoms with Crippen LogP contribution >= 0.6 is 0 Å². The van der Waals surface area contributed by atoms with Gasteiger partial charge in [0.25, 0.3) is 0 Å². The molecule has 1 aromatic rings. The summed E-state index contributed by atoms with van der Waals surface area (Å²) in [6.45, 7) is 10.4. The third-order valence-corrected chi connectivity index (χ3v) is 3.66. The fourth-order valence-electron chi connectivity index (χ4n) is 1.63. The summed E-state index contributed by atoms with van der Waals surface area (Å²) in [6.07, 6.45) is 1.63. The Labute approximate surface area is 108 Å². The van der Waals surface area contributed by atoms with Crippen LogP contribution in [0, 0.1) is 11.3 Å². The molecule has 18 heavy (non-hydrogen) atoms. The third-order valence-electron chi connectivity index (χ3n) is 3.66. The van der Waals surface area contributed by atoms with Crippen molar-refractivity contribution in [1.82, 2.24) is 4.57 Å². The van der Waals surface area contributed by atoms with Crippen LogP contribution in [0.25, 0.3) is 0 Å². The molecule has 0 spiro atoms. The summed E-state index contributed by atoms with van der Waals surface area (Å²) in [4.78, 5) is 22.5. The predicted octanol–water partition coefficient (Wildman–Crippen LogP) is 3.07. The predicted molar refractivity (Wildman–Crippen MR) is 70.0 cm³/mol. The van der Waals surface area contributed by atoms with E-state index in [0.717, 1.165) is 0 Å². The van der Waals surface area contributed by atoms with E-state index in [2.05, 4.69) is 27.7 Å². The first-order valence-electron chi connectivity index (χ1n) is 6.09. The lowest BCUT2D eigenvalue weighted by Gasteiger charge is -2.30.